The number of rotatable bonds is 7. The smallest absolute Gasteiger partial charge is 0.317 e. The van der Waals surface area contributed by atoms with Crippen molar-refractivity contribution in [3.8, 4) is 10.6 Å². The number of anilines is 1. The van der Waals surface area contributed by atoms with Gasteiger partial charge >= 0.3 is 6.03 Å². The third kappa shape index (κ3) is 4.42. The van der Waals surface area contributed by atoms with Crippen LogP contribution in [0.2, 0.25) is 0 Å². The molecular weight excluding hydrogens is 424 g/mol. The van der Waals surface area contributed by atoms with Gasteiger partial charge < -0.3 is 15.5 Å². The van der Waals surface area contributed by atoms with E-state index in [-0.39, 0.29) is 12.1 Å². The molecular formula is C19H26N6O3S2. The summed E-state index contributed by atoms with van der Waals surface area (Å²) in [4.78, 5) is 22.8. The second-order valence-corrected chi connectivity index (χ2v) is 10.7. The lowest BCUT2D eigenvalue weighted by Crippen LogP contribution is -2.41. The number of thiophene rings is 1. The number of nitrogens with zero attached hydrogens (tertiary/aromatic N) is 4. The van der Waals surface area contributed by atoms with Crippen LogP contribution in [0.15, 0.2) is 28.6 Å². The van der Waals surface area contributed by atoms with Crippen LogP contribution in [-0.2, 0) is 10.0 Å². The number of hydrogen-bond donors (Lipinski definition) is 2. The predicted octanol–water partition coefficient (Wildman–Crippen LogP) is 2.21. The molecule has 4 rings (SSSR count). The molecule has 0 saturated carbocycles. The molecule has 0 spiro atoms. The predicted molar refractivity (Wildman–Crippen MR) is 116 cm³/mol. The Kier molecular flexibility index (Phi) is 6.21. The summed E-state index contributed by atoms with van der Waals surface area (Å²) in [6, 6.07) is 5.21. The van der Waals surface area contributed by atoms with Crippen LogP contribution in [0.4, 0.5) is 10.7 Å². The Balaban J connectivity index is 1.44. The summed E-state index contributed by atoms with van der Waals surface area (Å²) >= 11 is 1.23. The number of carbonyl (C=O) groups is 1. The van der Waals surface area contributed by atoms with E-state index in [0.717, 1.165) is 24.1 Å². The molecule has 1 unspecified atom stereocenters. The first-order chi connectivity index (χ1) is 14.4. The third-order valence-corrected chi connectivity index (χ3v) is 8.99. The molecule has 2 N–H and O–H groups in total. The number of nitrogens with one attached hydrogen (secondary N) is 2. The Hall–Kier alpha value is -2.24. The van der Waals surface area contributed by atoms with Crippen molar-refractivity contribution in [3.63, 3.8) is 0 Å². The van der Waals surface area contributed by atoms with Crippen LogP contribution in [0, 0.1) is 0 Å². The molecule has 2 aromatic rings. The van der Waals surface area contributed by atoms with Crippen molar-refractivity contribution in [2.45, 2.75) is 36.4 Å². The molecule has 2 amide bonds. The van der Waals surface area contributed by atoms with Gasteiger partial charge in [0.25, 0.3) is 10.0 Å². The van der Waals surface area contributed by atoms with E-state index in [2.05, 4.69) is 20.6 Å². The molecule has 0 radical (unpaired) electrons. The minimum Gasteiger partial charge on any atom is -0.352 e. The van der Waals surface area contributed by atoms with Crippen molar-refractivity contribution >= 4 is 33.3 Å². The van der Waals surface area contributed by atoms with Crippen molar-refractivity contribution in [2.75, 3.05) is 38.0 Å². The third-order valence-electron chi connectivity index (χ3n) is 5.40. The normalized spacial score (nSPS) is 20.4. The Bertz CT molecular complexity index is 1010. The molecule has 2 aliphatic heterocycles. The van der Waals surface area contributed by atoms with Crippen molar-refractivity contribution in [3.05, 3.63) is 24.4 Å². The minimum absolute atomic E-state index is 0.0295. The van der Waals surface area contributed by atoms with Gasteiger partial charge in [0.05, 0.1) is 10.6 Å². The zero-order valence-corrected chi connectivity index (χ0v) is 18.5. The first-order valence-corrected chi connectivity index (χ1v) is 12.4. The molecule has 30 heavy (non-hydrogen) atoms. The highest BCUT2D eigenvalue weighted by Crippen LogP contribution is 2.33. The van der Waals surface area contributed by atoms with Crippen LogP contribution in [0.1, 0.15) is 26.2 Å². The van der Waals surface area contributed by atoms with Crippen LogP contribution in [0.25, 0.3) is 10.6 Å². The number of aromatic nitrogens is 2. The van der Waals surface area contributed by atoms with E-state index >= 15 is 0 Å². The minimum atomic E-state index is -3.49. The van der Waals surface area contributed by atoms with Gasteiger partial charge in [0.2, 0.25) is 5.95 Å². The molecule has 11 heteroatoms. The Morgan fingerprint density at radius 3 is 2.90 bits per heavy atom. The van der Waals surface area contributed by atoms with Crippen LogP contribution in [0.5, 0.6) is 0 Å². The van der Waals surface area contributed by atoms with Gasteiger partial charge in [0, 0.05) is 45.0 Å². The van der Waals surface area contributed by atoms with Gasteiger partial charge in [-0.1, -0.05) is 6.42 Å². The van der Waals surface area contributed by atoms with Crippen molar-refractivity contribution in [2.24, 2.45) is 0 Å². The lowest BCUT2D eigenvalue weighted by atomic mass is 10.1. The maximum Gasteiger partial charge on any atom is 0.317 e. The number of urea groups is 1. The van der Waals surface area contributed by atoms with Crippen LogP contribution in [-0.4, -0.2) is 72.4 Å². The number of sulfonamides is 1. The maximum absolute atomic E-state index is 13.1. The summed E-state index contributed by atoms with van der Waals surface area (Å²) in [5.41, 5.74) is 0.671. The fourth-order valence-electron chi connectivity index (χ4n) is 3.75. The van der Waals surface area contributed by atoms with E-state index in [1.165, 1.54) is 11.3 Å². The van der Waals surface area contributed by atoms with Gasteiger partial charge in [-0.25, -0.2) is 23.2 Å². The molecule has 0 aliphatic carbocycles. The van der Waals surface area contributed by atoms with E-state index in [1.807, 2.05) is 6.92 Å². The van der Waals surface area contributed by atoms with E-state index < -0.39 is 10.0 Å². The zero-order valence-electron chi connectivity index (χ0n) is 16.9. The second kappa shape index (κ2) is 8.86. The second-order valence-electron chi connectivity index (χ2n) is 7.49. The number of carbonyl (C=O) groups excluding carboxylic acids is 1. The number of piperidine rings is 1. The fourth-order valence-corrected chi connectivity index (χ4v) is 6.85. The van der Waals surface area contributed by atoms with E-state index in [1.54, 1.807) is 33.6 Å². The number of amides is 2. The molecule has 1 atom stereocenters. The van der Waals surface area contributed by atoms with Crippen LogP contribution in [0.3, 0.4) is 0 Å². The van der Waals surface area contributed by atoms with Crippen LogP contribution >= 0.6 is 11.3 Å². The van der Waals surface area contributed by atoms with Gasteiger partial charge in [-0.3, -0.25) is 0 Å². The molecule has 4 heterocycles. The van der Waals surface area contributed by atoms with E-state index in [9.17, 15) is 13.2 Å². The van der Waals surface area contributed by atoms with Gasteiger partial charge in [-0.15, -0.1) is 11.3 Å². The van der Waals surface area contributed by atoms with Crippen molar-refractivity contribution in [1.29, 1.82) is 0 Å². The summed E-state index contributed by atoms with van der Waals surface area (Å²) in [6.45, 7) is 5.02. The van der Waals surface area contributed by atoms with E-state index in [4.69, 9.17) is 0 Å². The highest BCUT2D eigenvalue weighted by Gasteiger charge is 2.32. The Morgan fingerprint density at radius 2 is 2.13 bits per heavy atom. The van der Waals surface area contributed by atoms with Crippen molar-refractivity contribution in [1.82, 2.24) is 24.5 Å². The topological polar surface area (TPSA) is 108 Å². The summed E-state index contributed by atoms with van der Waals surface area (Å²) < 4.78 is 28.1. The average molecular weight is 451 g/mol. The molecule has 162 valence electrons. The maximum atomic E-state index is 13.1. The molecule has 2 saturated heterocycles. The lowest BCUT2D eigenvalue weighted by molar-refractivity contribution is 0.219. The van der Waals surface area contributed by atoms with Crippen molar-refractivity contribution < 1.29 is 13.2 Å². The molecule has 2 aromatic heterocycles. The largest absolute Gasteiger partial charge is 0.352 e. The molecule has 0 bridgehead atoms. The zero-order chi connectivity index (χ0) is 21.1. The summed E-state index contributed by atoms with van der Waals surface area (Å²) in [5.74, 6) is 0.453. The number of hydrogen-bond acceptors (Lipinski definition) is 7. The highest BCUT2D eigenvalue weighted by atomic mass is 32.2. The molecule has 0 aromatic carbocycles. The van der Waals surface area contributed by atoms with Crippen LogP contribution < -0.4 is 10.6 Å². The van der Waals surface area contributed by atoms with Gasteiger partial charge in [-0.2, -0.15) is 4.31 Å². The lowest BCUT2D eigenvalue weighted by Gasteiger charge is -2.31. The molecule has 2 aliphatic rings. The summed E-state index contributed by atoms with van der Waals surface area (Å²) in [7, 11) is -3.49. The summed E-state index contributed by atoms with van der Waals surface area (Å²) in [5, 5.41) is 5.90. The standard InChI is InChI=1S/C19H26N6O3S2/c1-14-4-2-3-11-25(14)30(27,28)17-6-5-16(29-17)15-7-8-20-18(23-15)21-9-12-24-13-10-22-19(24)26/h5-8,14H,2-4,9-13H2,1H3,(H,22,26)(H,20,21,23). The molecule has 9 nitrogen and oxygen atoms in total. The Labute approximate surface area is 180 Å². The molecule has 2 fully saturated rings. The van der Waals surface area contributed by atoms with E-state index in [0.29, 0.717) is 48.6 Å². The first kappa shape index (κ1) is 21.0. The quantitative estimate of drug-likeness (QED) is 0.670. The average Bonchev–Trinajstić information content (AvgIpc) is 3.39. The Morgan fingerprint density at radius 1 is 1.27 bits per heavy atom. The highest BCUT2D eigenvalue weighted by molar-refractivity contribution is 7.91. The van der Waals surface area contributed by atoms with Gasteiger partial charge in [-0.05, 0) is 38.0 Å². The SMILES string of the molecule is CC1CCCCN1S(=O)(=O)c1ccc(-c2ccnc(NCCN3CCNC3=O)n2)s1. The first-order valence-electron chi connectivity index (χ1n) is 10.2. The fraction of sp³-hybridized carbons (Fsp3) is 0.526. The summed E-state index contributed by atoms with van der Waals surface area (Å²) in [6.07, 6.45) is 4.52. The van der Waals surface area contributed by atoms with Gasteiger partial charge in [0.15, 0.2) is 0 Å². The monoisotopic (exact) mass is 450 g/mol. The van der Waals surface area contributed by atoms with Gasteiger partial charge in [0.1, 0.15) is 4.21 Å².